The average Bonchev–Trinajstić information content (AvgIpc) is 2.84. The molecule has 15 heavy (non-hydrogen) atoms. The number of thiazole rings is 1. The van der Waals surface area contributed by atoms with Crippen LogP contribution in [0.25, 0.3) is 10.6 Å². The number of nitrogens with zero attached hydrogens (tertiary/aromatic N) is 1. The number of thiophene rings is 1. The van der Waals surface area contributed by atoms with Crippen molar-refractivity contribution < 1.29 is 0 Å². The van der Waals surface area contributed by atoms with E-state index in [-0.39, 0.29) is 0 Å². The Morgan fingerprint density at radius 2 is 2.27 bits per heavy atom. The van der Waals surface area contributed by atoms with Gasteiger partial charge in [0, 0.05) is 22.7 Å². The van der Waals surface area contributed by atoms with Gasteiger partial charge in [0.05, 0.1) is 15.6 Å². The van der Waals surface area contributed by atoms with Crippen molar-refractivity contribution in [1.82, 2.24) is 4.98 Å². The minimum atomic E-state index is 0.366. The van der Waals surface area contributed by atoms with Gasteiger partial charge in [-0.2, -0.15) is 0 Å². The van der Waals surface area contributed by atoms with Gasteiger partial charge in [-0.25, -0.2) is 4.98 Å². The maximum atomic E-state index is 5.63. The normalized spacial score (nSPS) is 13.0. The van der Waals surface area contributed by atoms with Gasteiger partial charge in [0.1, 0.15) is 0 Å². The lowest BCUT2D eigenvalue weighted by Gasteiger charge is -2.01. The van der Waals surface area contributed by atoms with Crippen molar-refractivity contribution in [2.24, 2.45) is 5.73 Å². The van der Waals surface area contributed by atoms with Crippen LogP contribution in [0, 0.1) is 6.92 Å². The van der Waals surface area contributed by atoms with Gasteiger partial charge < -0.3 is 5.73 Å². The van der Waals surface area contributed by atoms with E-state index >= 15 is 0 Å². The number of rotatable bonds is 3. The van der Waals surface area contributed by atoms with E-state index in [1.54, 1.807) is 22.7 Å². The number of nitrogens with two attached hydrogens (primary N) is 1. The Morgan fingerprint density at radius 3 is 2.87 bits per heavy atom. The molecular formula is C11H14N2S2. The van der Waals surface area contributed by atoms with Crippen LogP contribution in [0.5, 0.6) is 0 Å². The summed E-state index contributed by atoms with van der Waals surface area (Å²) in [5.41, 5.74) is 6.72. The van der Waals surface area contributed by atoms with Gasteiger partial charge in [-0.15, -0.1) is 22.7 Å². The Morgan fingerprint density at radius 1 is 1.47 bits per heavy atom. The Labute approximate surface area is 97.8 Å². The van der Waals surface area contributed by atoms with E-state index in [2.05, 4.69) is 36.3 Å². The molecule has 0 aliphatic carbocycles. The van der Waals surface area contributed by atoms with Crippen molar-refractivity contribution >= 4 is 22.7 Å². The molecule has 0 saturated carbocycles. The molecule has 0 amide bonds. The van der Waals surface area contributed by atoms with Crippen LogP contribution in [0.1, 0.15) is 22.7 Å². The summed E-state index contributed by atoms with van der Waals surface area (Å²) < 4.78 is 0. The Kier molecular flexibility index (Phi) is 3.19. The lowest BCUT2D eigenvalue weighted by atomic mass is 10.2. The molecule has 2 aromatic heterocycles. The van der Waals surface area contributed by atoms with Crippen LogP contribution in [0.4, 0.5) is 0 Å². The molecule has 2 nitrogen and oxygen atoms in total. The lowest BCUT2D eigenvalue weighted by Crippen LogP contribution is -2.08. The summed E-state index contributed by atoms with van der Waals surface area (Å²) in [4.78, 5) is 7.19. The molecule has 2 N–H and O–H groups in total. The van der Waals surface area contributed by atoms with Crippen LogP contribution in [0.15, 0.2) is 17.5 Å². The standard InChI is InChI=1S/C11H14N2S2/c1-7(5-12)11-13-9(6-14-11)10-4-3-8(2)15-10/h3-4,6-7H,5,12H2,1-2H3. The lowest BCUT2D eigenvalue weighted by molar-refractivity contribution is 0.767. The molecular weight excluding hydrogens is 224 g/mol. The molecule has 0 aliphatic heterocycles. The second-order valence-electron chi connectivity index (χ2n) is 3.62. The van der Waals surface area contributed by atoms with Crippen LogP contribution in [-0.4, -0.2) is 11.5 Å². The minimum absolute atomic E-state index is 0.366. The van der Waals surface area contributed by atoms with E-state index in [0.717, 1.165) is 10.7 Å². The average molecular weight is 238 g/mol. The highest BCUT2D eigenvalue weighted by molar-refractivity contribution is 7.16. The van der Waals surface area contributed by atoms with Crippen molar-refractivity contribution in [1.29, 1.82) is 0 Å². The predicted molar refractivity (Wildman–Crippen MR) is 67.6 cm³/mol. The summed E-state index contributed by atoms with van der Waals surface area (Å²) in [5.74, 6) is 0.366. The zero-order chi connectivity index (χ0) is 10.8. The maximum absolute atomic E-state index is 5.63. The monoisotopic (exact) mass is 238 g/mol. The first-order valence-corrected chi connectivity index (χ1v) is 6.62. The smallest absolute Gasteiger partial charge is 0.0973 e. The Balaban J connectivity index is 2.27. The van der Waals surface area contributed by atoms with Crippen molar-refractivity contribution in [2.75, 3.05) is 6.54 Å². The summed E-state index contributed by atoms with van der Waals surface area (Å²) in [6.07, 6.45) is 0. The van der Waals surface area contributed by atoms with Crippen LogP contribution in [0.2, 0.25) is 0 Å². The summed E-state index contributed by atoms with van der Waals surface area (Å²) in [5, 5.41) is 3.26. The summed E-state index contributed by atoms with van der Waals surface area (Å²) in [6.45, 7) is 4.89. The van der Waals surface area contributed by atoms with Crippen LogP contribution in [0.3, 0.4) is 0 Å². The minimum Gasteiger partial charge on any atom is -0.330 e. The third-order valence-electron chi connectivity index (χ3n) is 2.29. The van der Waals surface area contributed by atoms with E-state index in [4.69, 9.17) is 5.73 Å². The fourth-order valence-corrected chi connectivity index (χ4v) is 3.09. The molecule has 0 radical (unpaired) electrons. The zero-order valence-corrected chi connectivity index (χ0v) is 10.5. The first-order valence-electron chi connectivity index (χ1n) is 4.93. The van der Waals surface area contributed by atoms with Crippen molar-refractivity contribution in [3.05, 3.63) is 27.4 Å². The Hall–Kier alpha value is -0.710. The maximum Gasteiger partial charge on any atom is 0.0973 e. The number of aromatic nitrogens is 1. The topological polar surface area (TPSA) is 38.9 Å². The van der Waals surface area contributed by atoms with E-state index < -0.39 is 0 Å². The Bertz CT molecular complexity index is 445. The van der Waals surface area contributed by atoms with Gasteiger partial charge in [-0.1, -0.05) is 6.92 Å². The molecule has 0 bridgehead atoms. The molecule has 0 aliphatic rings. The highest BCUT2D eigenvalue weighted by atomic mass is 32.1. The van der Waals surface area contributed by atoms with Gasteiger partial charge in [0.2, 0.25) is 0 Å². The van der Waals surface area contributed by atoms with Gasteiger partial charge >= 0.3 is 0 Å². The number of aryl methyl sites for hydroxylation is 1. The second kappa shape index (κ2) is 4.43. The molecule has 4 heteroatoms. The van der Waals surface area contributed by atoms with Crippen LogP contribution in [-0.2, 0) is 0 Å². The van der Waals surface area contributed by atoms with Crippen molar-refractivity contribution in [3.8, 4) is 10.6 Å². The van der Waals surface area contributed by atoms with Crippen LogP contribution < -0.4 is 5.73 Å². The van der Waals surface area contributed by atoms with Gasteiger partial charge in [-0.3, -0.25) is 0 Å². The molecule has 1 unspecified atom stereocenters. The van der Waals surface area contributed by atoms with E-state index in [1.165, 1.54) is 9.75 Å². The van der Waals surface area contributed by atoms with E-state index in [9.17, 15) is 0 Å². The third-order valence-corrected chi connectivity index (χ3v) is 4.39. The van der Waals surface area contributed by atoms with Gasteiger partial charge in [0.15, 0.2) is 0 Å². The van der Waals surface area contributed by atoms with Crippen molar-refractivity contribution in [2.45, 2.75) is 19.8 Å². The fourth-order valence-electron chi connectivity index (χ4n) is 1.30. The van der Waals surface area contributed by atoms with E-state index in [0.29, 0.717) is 12.5 Å². The molecule has 0 aromatic carbocycles. The summed E-state index contributed by atoms with van der Waals surface area (Å²) >= 11 is 3.49. The van der Waals surface area contributed by atoms with E-state index in [1.807, 2.05) is 0 Å². The van der Waals surface area contributed by atoms with Gasteiger partial charge in [0.25, 0.3) is 0 Å². The van der Waals surface area contributed by atoms with Crippen molar-refractivity contribution in [3.63, 3.8) is 0 Å². The molecule has 1 atom stereocenters. The number of hydrogen-bond donors (Lipinski definition) is 1. The molecule has 2 rings (SSSR count). The highest BCUT2D eigenvalue weighted by Gasteiger charge is 2.10. The second-order valence-corrected chi connectivity index (χ2v) is 5.80. The predicted octanol–water partition coefficient (Wildman–Crippen LogP) is 3.24. The molecule has 0 saturated heterocycles. The highest BCUT2D eigenvalue weighted by Crippen LogP contribution is 2.30. The SMILES string of the molecule is Cc1ccc(-c2csc(C(C)CN)n2)s1. The summed E-state index contributed by atoms with van der Waals surface area (Å²) in [7, 11) is 0. The molecule has 80 valence electrons. The number of hydrogen-bond acceptors (Lipinski definition) is 4. The zero-order valence-electron chi connectivity index (χ0n) is 8.86. The largest absolute Gasteiger partial charge is 0.330 e. The van der Waals surface area contributed by atoms with Crippen LogP contribution >= 0.6 is 22.7 Å². The first-order chi connectivity index (χ1) is 7.20. The molecule has 0 spiro atoms. The molecule has 0 fully saturated rings. The summed E-state index contributed by atoms with van der Waals surface area (Å²) in [6, 6.07) is 4.26. The first kappa shape index (κ1) is 10.8. The molecule has 2 heterocycles. The van der Waals surface area contributed by atoms with Gasteiger partial charge in [-0.05, 0) is 19.1 Å². The fraction of sp³-hybridized carbons (Fsp3) is 0.364. The molecule has 2 aromatic rings. The third kappa shape index (κ3) is 2.27. The quantitative estimate of drug-likeness (QED) is 0.891.